The summed E-state index contributed by atoms with van der Waals surface area (Å²) in [5, 5.41) is 3.49. The molecule has 1 saturated heterocycles. The van der Waals surface area contributed by atoms with Gasteiger partial charge in [-0.15, -0.1) is 0 Å². The molecule has 124 valence electrons. The van der Waals surface area contributed by atoms with Crippen LogP contribution in [0.1, 0.15) is 12.0 Å². The minimum atomic E-state index is -0.385. The Morgan fingerprint density at radius 1 is 1.29 bits per heavy atom. The van der Waals surface area contributed by atoms with E-state index in [0.29, 0.717) is 17.3 Å². The third-order valence-electron chi connectivity index (χ3n) is 4.09. The molecule has 2 amide bonds. The first-order valence-electron chi connectivity index (χ1n) is 7.57. The molecule has 0 radical (unpaired) electrons. The first kappa shape index (κ1) is 17.0. The molecule has 4 nitrogen and oxygen atoms in total. The van der Waals surface area contributed by atoms with E-state index in [4.69, 9.17) is 11.6 Å². The summed E-state index contributed by atoms with van der Waals surface area (Å²) in [4.78, 5) is 26.4. The van der Waals surface area contributed by atoms with Gasteiger partial charge >= 0.3 is 0 Å². The van der Waals surface area contributed by atoms with Crippen LogP contribution in [0.3, 0.4) is 0 Å². The molecule has 0 spiro atoms. The average molecular weight is 408 g/mol. The number of hydrogen-bond acceptors (Lipinski definition) is 2. The molecule has 3 rings (SSSR count). The summed E-state index contributed by atoms with van der Waals surface area (Å²) >= 11 is 9.54. The van der Waals surface area contributed by atoms with E-state index < -0.39 is 0 Å². The number of aryl methyl sites for hydroxylation is 1. The van der Waals surface area contributed by atoms with Crippen molar-refractivity contribution in [3.63, 3.8) is 0 Å². The third-order valence-corrected chi connectivity index (χ3v) is 5.19. The Hall–Kier alpha value is -1.85. The number of hydrogen-bond donors (Lipinski definition) is 1. The van der Waals surface area contributed by atoms with Gasteiger partial charge in [0.25, 0.3) is 0 Å². The Kier molecular flexibility index (Phi) is 4.92. The minimum absolute atomic E-state index is 0.0674. The van der Waals surface area contributed by atoms with E-state index in [1.165, 1.54) is 0 Å². The van der Waals surface area contributed by atoms with Crippen LogP contribution in [0, 0.1) is 12.8 Å². The fourth-order valence-corrected chi connectivity index (χ4v) is 3.24. The maximum atomic E-state index is 12.5. The van der Waals surface area contributed by atoms with E-state index in [2.05, 4.69) is 21.2 Å². The Bertz CT molecular complexity index is 809. The Morgan fingerprint density at radius 3 is 2.75 bits per heavy atom. The fraction of sp³-hybridized carbons (Fsp3) is 0.222. The number of halogens is 2. The van der Waals surface area contributed by atoms with Gasteiger partial charge in [0, 0.05) is 28.1 Å². The van der Waals surface area contributed by atoms with Crippen molar-refractivity contribution < 1.29 is 9.59 Å². The van der Waals surface area contributed by atoms with Crippen molar-refractivity contribution in [1.29, 1.82) is 0 Å². The first-order chi connectivity index (χ1) is 11.5. The number of nitrogens with zero attached hydrogens (tertiary/aromatic N) is 1. The van der Waals surface area contributed by atoms with E-state index in [0.717, 1.165) is 15.7 Å². The van der Waals surface area contributed by atoms with Crippen molar-refractivity contribution in [3.8, 4) is 0 Å². The number of carbonyl (C=O) groups excluding carboxylic acids is 2. The number of benzene rings is 2. The molecule has 1 heterocycles. The van der Waals surface area contributed by atoms with E-state index in [1.54, 1.807) is 11.0 Å². The van der Waals surface area contributed by atoms with Crippen LogP contribution in [0.5, 0.6) is 0 Å². The van der Waals surface area contributed by atoms with E-state index in [9.17, 15) is 9.59 Å². The summed E-state index contributed by atoms with van der Waals surface area (Å²) in [6.45, 7) is 2.26. The molecule has 1 aliphatic rings. The molecule has 1 fully saturated rings. The summed E-state index contributed by atoms with van der Waals surface area (Å²) in [6, 6.07) is 12.9. The van der Waals surface area contributed by atoms with Crippen LogP contribution in [0.4, 0.5) is 11.4 Å². The Balaban J connectivity index is 1.73. The number of nitrogens with one attached hydrogen (secondary N) is 1. The molecule has 2 aromatic carbocycles. The summed E-state index contributed by atoms with van der Waals surface area (Å²) < 4.78 is 0.810. The predicted molar refractivity (Wildman–Crippen MR) is 99.4 cm³/mol. The van der Waals surface area contributed by atoms with Crippen molar-refractivity contribution in [2.24, 2.45) is 5.92 Å². The molecule has 6 heteroatoms. The summed E-state index contributed by atoms with van der Waals surface area (Å²) in [5.74, 6) is -0.608. The standard InChI is InChI=1S/C18H16BrClN2O2/c1-11-6-7-13(9-15(11)20)22-10-12(8-17(22)23)18(24)21-16-5-3-2-4-14(16)19/h2-7,9,12H,8,10H2,1H3,(H,21,24)/t12-/m1/s1. The fourth-order valence-electron chi connectivity index (χ4n) is 2.68. The average Bonchev–Trinajstić information content (AvgIpc) is 2.94. The largest absolute Gasteiger partial charge is 0.325 e. The number of carbonyl (C=O) groups is 2. The SMILES string of the molecule is Cc1ccc(N2C[C@H](C(=O)Nc3ccccc3Br)CC2=O)cc1Cl. The van der Waals surface area contributed by atoms with Gasteiger partial charge in [-0.3, -0.25) is 9.59 Å². The van der Waals surface area contributed by atoms with Crippen molar-refractivity contribution in [1.82, 2.24) is 0 Å². The molecule has 1 N–H and O–H groups in total. The summed E-state index contributed by atoms with van der Waals surface area (Å²) in [5.41, 5.74) is 2.38. The molecule has 0 aliphatic carbocycles. The zero-order valence-corrected chi connectivity index (χ0v) is 15.4. The Morgan fingerprint density at radius 2 is 2.04 bits per heavy atom. The maximum absolute atomic E-state index is 12.5. The lowest BCUT2D eigenvalue weighted by Gasteiger charge is -2.17. The van der Waals surface area contributed by atoms with Gasteiger partial charge in [0.15, 0.2) is 0 Å². The van der Waals surface area contributed by atoms with Gasteiger partial charge < -0.3 is 10.2 Å². The van der Waals surface area contributed by atoms with Crippen molar-refractivity contribution in [2.75, 3.05) is 16.8 Å². The van der Waals surface area contributed by atoms with Crippen LogP contribution in [-0.4, -0.2) is 18.4 Å². The predicted octanol–water partition coefficient (Wildman–Crippen LogP) is 4.40. The lowest BCUT2D eigenvalue weighted by molar-refractivity contribution is -0.122. The molecule has 1 aliphatic heterocycles. The van der Waals surface area contributed by atoms with Crippen LogP contribution in [0.25, 0.3) is 0 Å². The zero-order valence-electron chi connectivity index (χ0n) is 13.1. The number of amides is 2. The van der Waals surface area contributed by atoms with E-state index in [1.807, 2.05) is 43.3 Å². The highest BCUT2D eigenvalue weighted by molar-refractivity contribution is 9.10. The molecule has 0 aromatic heterocycles. The molecule has 0 unspecified atom stereocenters. The van der Waals surface area contributed by atoms with Crippen molar-refractivity contribution in [3.05, 3.63) is 57.5 Å². The number of rotatable bonds is 3. The topological polar surface area (TPSA) is 49.4 Å². The van der Waals surface area contributed by atoms with Gasteiger partial charge in [0.1, 0.15) is 0 Å². The molecule has 2 aromatic rings. The monoisotopic (exact) mass is 406 g/mol. The molecular weight excluding hydrogens is 392 g/mol. The Labute approximate surface area is 153 Å². The molecule has 0 saturated carbocycles. The van der Waals surface area contributed by atoms with Crippen LogP contribution >= 0.6 is 27.5 Å². The zero-order chi connectivity index (χ0) is 17.3. The second kappa shape index (κ2) is 6.95. The smallest absolute Gasteiger partial charge is 0.229 e. The van der Waals surface area contributed by atoms with Gasteiger partial charge in [-0.1, -0.05) is 29.8 Å². The molecular formula is C18H16BrClN2O2. The van der Waals surface area contributed by atoms with Gasteiger partial charge in [0.2, 0.25) is 11.8 Å². The van der Waals surface area contributed by atoms with Crippen LogP contribution in [0.15, 0.2) is 46.9 Å². The lowest BCUT2D eigenvalue weighted by atomic mass is 10.1. The van der Waals surface area contributed by atoms with Gasteiger partial charge in [-0.25, -0.2) is 0 Å². The quantitative estimate of drug-likeness (QED) is 0.819. The summed E-state index contributed by atoms with van der Waals surface area (Å²) in [6.07, 6.45) is 0.196. The van der Waals surface area contributed by atoms with Crippen molar-refractivity contribution in [2.45, 2.75) is 13.3 Å². The molecule has 1 atom stereocenters. The van der Waals surface area contributed by atoms with Gasteiger partial charge in [-0.2, -0.15) is 0 Å². The van der Waals surface area contributed by atoms with Crippen LogP contribution in [0.2, 0.25) is 5.02 Å². The van der Waals surface area contributed by atoms with Crippen molar-refractivity contribution >= 4 is 50.7 Å². The summed E-state index contributed by atoms with van der Waals surface area (Å²) in [7, 11) is 0. The third kappa shape index (κ3) is 3.47. The molecule has 24 heavy (non-hydrogen) atoms. The highest BCUT2D eigenvalue weighted by atomic mass is 79.9. The number of anilines is 2. The van der Waals surface area contributed by atoms with Crippen LogP contribution < -0.4 is 10.2 Å². The van der Waals surface area contributed by atoms with E-state index >= 15 is 0 Å². The van der Waals surface area contributed by atoms with Crippen LogP contribution in [-0.2, 0) is 9.59 Å². The normalized spacial score (nSPS) is 17.2. The lowest BCUT2D eigenvalue weighted by Crippen LogP contribution is -2.28. The second-order valence-electron chi connectivity index (χ2n) is 5.81. The minimum Gasteiger partial charge on any atom is -0.325 e. The van der Waals surface area contributed by atoms with Gasteiger partial charge in [-0.05, 0) is 52.7 Å². The van der Waals surface area contributed by atoms with Gasteiger partial charge in [0.05, 0.1) is 11.6 Å². The second-order valence-corrected chi connectivity index (χ2v) is 7.07. The highest BCUT2D eigenvalue weighted by Crippen LogP contribution is 2.30. The highest BCUT2D eigenvalue weighted by Gasteiger charge is 2.35. The van der Waals surface area contributed by atoms with E-state index in [-0.39, 0.29) is 24.2 Å². The first-order valence-corrected chi connectivity index (χ1v) is 8.74. The molecule has 0 bridgehead atoms. The number of para-hydroxylation sites is 1. The maximum Gasteiger partial charge on any atom is 0.229 e.